The van der Waals surface area contributed by atoms with E-state index in [-0.39, 0.29) is 11.5 Å². The Hall–Kier alpha value is -3.68. The molecule has 0 aliphatic heterocycles. The minimum Gasteiger partial charge on any atom is -0.451 e. The van der Waals surface area contributed by atoms with Gasteiger partial charge in [-0.05, 0) is 59.2 Å². The van der Waals surface area contributed by atoms with E-state index in [0.29, 0.717) is 28.2 Å². The molecule has 0 spiro atoms. The summed E-state index contributed by atoms with van der Waals surface area (Å²) in [7, 11) is 0. The molecule has 1 aromatic carbocycles. The number of nitrogens with zero attached hydrogens (tertiary/aromatic N) is 2. The highest BCUT2D eigenvalue weighted by atomic mass is 16.5. The first kappa shape index (κ1) is 22.0. The molecule has 0 atom stereocenters. The number of benzene rings is 1. The van der Waals surface area contributed by atoms with Crippen LogP contribution in [0.2, 0.25) is 0 Å². The predicted octanol–water partition coefficient (Wildman–Crippen LogP) is 3.74. The summed E-state index contributed by atoms with van der Waals surface area (Å²) in [6.45, 7) is 10.0. The summed E-state index contributed by atoms with van der Waals surface area (Å²) in [6, 6.07) is 7.90. The van der Waals surface area contributed by atoms with Crippen molar-refractivity contribution >= 4 is 23.3 Å². The molecule has 0 radical (unpaired) electrons. The van der Waals surface area contributed by atoms with Gasteiger partial charge in [-0.2, -0.15) is 5.10 Å². The molecule has 2 aromatic heterocycles. The third-order valence-electron chi connectivity index (χ3n) is 5.16. The number of hydrogen-bond donors (Lipinski definition) is 2. The number of carbonyl (C=O) groups is 3. The molecule has 0 aliphatic rings. The van der Waals surface area contributed by atoms with Crippen molar-refractivity contribution < 1.29 is 19.1 Å². The summed E-state index contributed by atoms with van der Waals surface area (Å²) in [5.74, 6) is -1.30. The summed E-state index contributed by atoms with van der Waals surface area (Å²) in [5, 5.41) is 7.28. The van der Waals surface area contributed by atoms with Crippen LogP contribution in [0.15, 0.2) is 24.3 Å². The second-order valence-electron chi connectivity index (χ2n) is 7.60. The van der Waals surface area contributed by atoms with Crippen LogP contribution < -0.4 is 5.32 Å². The number of ketones is 1. The molecule has 3 aromatic rings. The SMILES string of the molecule is CC(=O)c1c(C)[nH]c(C(=O)OCC(=O)Nc2c(C)nn(-c3ccc(C)cc3)c2C)c1C. The predicted molar refractivity (Wildman–Crippen MR) is 117 cm³/mol. The summed E-state index contributed by atoms with van der Waals surface area (Å²) in [4.78, 5) is 39.4. The lowest BCUT2D eigenvalue weighted by molar-refractivity contribution is -0.119. The molecule has 2 N–H and O–H groups in total. The van der Waals surface area contributed by atoms with Crippen LogP contribution in [0.4, 0.5) is 5.69 Å². The Kier molecular flexibility index (Phi) is 6.10. The first-order valence-corrected chi connectivity index (χ1v) is 9.90. The minimum atomic E-state index is -0.688. The van der Waals surface area contributed by atoms with Crippen molar-refractivity contribution in [3.63, 3.8) is 0 Å². The van der Waals surface area contributed by atoms with Crippen molar-refractivity contribution in [2.75, 3.05) is 11.9 Å². The molecule has 0 saturated heterocycles. The number of Topliss-reactive ketones (excluding diaryl/α,β-unsaturated/α-hetero) is 1. The Morgan fingerprint density at radius 2 is 1.71 bits per heavy atom. The molecule has 8 nitrogen and oxygen atoms in total. The van der Waals surface area contributed by atoms with E-state index in [9.17, 15) is 14.4 Å². The highest BCUT2D eigenvalue weighted by Gasteiger charge is 2.22. The Bertz CT molecular complexity index is 1170. The number of hydrogen-bond acceptors (Lipinski definition) is 5. The molecule has 8 heteroatoms. The Morgan fingerprint density at radius 3 is 2.29 bits per heavy atom. The molecule has 0 fully saturated rings. The van der Waals surface area contributed by atoms with E-state index < -0.39 is 18.5 Å². The summed E-state index contributed by atoms with van der Waals surface area (Å²) < 4.78 is 6.91. The number of aromatic amines is 1. The summed E-state index contributed by atoms with van der Waals surface area (Å²) in [6.07, 6.45) is 0. The zero-order valence-corrected chi connectivity index (χ0v) is 18.5. The number of anilines is 1. The molecule has 1 amide bonds. The monoisotopic (exact) mass is 422 g/mol. The Labute approximate surface area is 180 Å². The van der Waals surface area contributed by atoms with Gasteiger partial charge in [-0.3, -0.25) is 9.59 Å². The maximum atomic E-state index is 12.4. The standard InChI is InChI=1S/C23H26N4O4/c1-12-7-9-18(10-8-12)27-16(5)22(15(4)26-27)25-19(29)11-31-23(30)21-13(2)20(17(6)28)14(3)24-21/h7-10,24H,11H2,1-6H3,(H,25,29). The van der Waals surface area contributed by atoms with Crippen LogP contribution in [0.3, 0.4) is 0 Å². The van der Waals surface area contributed by atoms with Gasteiger partial charge in [0, 0.05) is 11.3 Å². The number of aryl methyl sites for hydroxylation is 3. The van der Waals surface area contributed by atoms with Crippen molar-refractivity contribution in [2.24, 2.45) is 0 Å². The normalized spacial score (nSPS) is 10.8. The number of esters is 1. The van der Waals surface area contributed by atoms with Crippen LogP contribution in [0.25, 0.3) is 5.69 Å². The van der Waals surface area contributed by atoms with Crippen LogP contribution in [-0.4, -0.2) is 39.0 Å². The zero-order chi connectivity index (χ0) is 22.9. The third-order valence-corrected chi connectivity index (χ3v) is 5.16. The van der Waals surface area contributed by atoms with E-state index in [2.05, 4.69) is 15.4 Å². The van der Waals surface area contributed by atoms with Gasteiger partial charge in [-0.15, -0.1) is 0 Å². The second kappa shape index (κ2) is 8.59. The van der Waals surface area contributed by atoms with E-state index in [0.717, 1.165) is 16.9 Å². The Morgan fingerprint density at radius 1 is 1.06 bits per heavy atom. The van der Waals surface area contributed by atoms with Gasteiger partial charge in [0.05, 0.1) is 22.8 Å². The fraction of sp³-hybridized carbons (Fsp3) is 0.304. The fourth-order valence-electron chi connectivity index (χ4n) is 3.62. The fourth-order valence-corrected chi connectivity index (χ4v) is 3.62. The van der Waals surface area contributed by atoms with Crippen molar-refractivity contribution in [3.05, 3.63) is 63.7 Å². The number of ether oxygens (including phenoxy) is 1. The Balaban J connectivity index is 1.69. The molecule has 3 rings (SSSR count). The quantitative estimate of drug-likeness (QED) is 0.465. The van der Waals surface area contributed by atoms with Crippen molar-refractivity contribution in [3.8, 4) is 5.69 Å². The number of aromatic nitrogens is 3. The van der Waals surface area contributed by atoms with Crippen LogP contribution in [0.5, 0.6) is 0 Å². The average molecular weight is 422 g/mol. The number of carbonyl (C=O) groups excluding carboxylic acids is 3. The van der Waals surface area contributed by atoms with Crippen molar-refractivity contribution in [2.45, 2.75) is 41.5 Å². The minimum absolute atomic E-state index is 0.139. The maximum Gasteiger partial charge on any atom is 0.355 e. The van der Waals surface area contributed by atoms with Crippen LogP contribution in [0, 0.1) is 34.6 Å². The molecule has 0 bridgehead atoms. The number of nitrogens with one attached hydrogen (secondary N) is 2. The molecule has 2 heterocycles. The largest absolute Gasteiger partial charge is 0.451 e. The van der Waals surface area contributed by atoms with Crippen LogP contribution >= 0.6 is 0 Å². The first-order chi connectivity index (χ1) is 14.6. The third kappa shape index (κ3) is 4.42. The molecule has 31 heavy (non-hydrogen) atoms. The summed E-state index contributed by atoms with van der Waals surface area (Å²) >= 11 is 0. The van der Waals surface area contributed by atoms with E-state index >= 15 is 0 Å². The van der Waals surface area contributed by atoms with E-state index in [4.69, 9.17) is 4.74 Å². The van der Waals surface area contributed by atoms with Crippen LogP contribution in [0.1, 0.15) is 56.0 Å². The highest BCUT2D eigenvalue weighted by Crippen LogP contribution is 2.23. The van der Waals surface area contributed by atoms with Gasteiger partial charge in [-0.25, -0.2) is 9.48 Å². The van der Waals surface area contributed by atoms with Gasteiger partial charge >= 0.3 is 5.97 Å². The molecule has 0 unspecified atom stereocenters. The maximum absolute atomic E-state index is 12.4. The summed E-state index contributed by atoms with van der Waals surface area (Å²) in [5.41, 5.74) is 5.77. The average Bonchev–Trinajstić information content (AvgIpc) is 3.16. The van der Waals surface area contributed by atoms with Gasteiger partial charge in [0.25, 0.3) is 5.91 Å². The first-order valence-electron chi connectivity index (χ1n) is 9.90. The van der Waals surface area contributed by atoms with Crippen LogP contribution in [-0.2, 0) is 9.53 Å². The lowest BCUT2D eigenvalue weighted by atomic mass is 10.1. The zero-order valence-electron chi connectivity index (χ0n) is 18.5. The second-order valence-corrected chi connectivity index (χ2v) is 7.60. The van der Waals surface area contributed by atoms with Gasteiger partial charge in [0.2, 0.25) is 0 Å². The number of amides is 1. The van der Waals surface area contributed by atoms with Gasteiger partial charge in [0.1, 0.15) is 5.69 Å². The van der Waals surface area contributed by atoms with E-state index in [1.807, 2.05) is 38.1 Å². The van der Waals surface area contributed by atoms with Crippen molar-refractivity contribution in [1.82, 2.24) is 14.8 Å². The van der Waals surface area contributed by atoms with Gasteiger partial charge < -0.3 is 15.0 Å². The molecule has 162 valence electrons. The van der Waals surface area contributed by atoms with Crippen molar-refractivity contribution in [1.29, 1.82) is 0 Å². The smallest absolute Gasteiger partial charge is 0.355 e. The topological polar surface area (TPSA) is 106 Å². The molecular weight excluding hydrogens is 396 g/mol. The molecule has 0 aliphatic carbocycles. The number of rotatable bonds is 6. The highest BCUT2D eigenvalue weighted by molar-refractivity contribution is 6.02. The van der Waals surface area contributed by atoms with E-state index in [1.165, 1.54) is 6.92 Å². The molecular formula is C23H26N4O4. The van der Waals surface area contributed by atoms with Gasteiger partial charge in [0.15, 0.2) is 12.4 Å². The van der Waals surface area contributed by atoms with E-state index in [1.54, 1.807) is 25.5 Å². The molecule has 0 saturated carbocycles. The van der Waals surface area contributed by atoms with Gasteiger partial charge in [-0.1, -0.05) is 17.7 Å². The lowest BCUT2D eigenvalue weighted by Crippen LogP contribution is -2.22. The number of H-pyrrole nitrogens is 1. The lowest BCUT2D eigenvalue weighted by Gasteiger charge is -2.08.